The zero-order chi connectivity index (χ0) is 28.3. The van der Waals surface area contributed by atoms with Crippen LogP contribution in [0.15, 0.2) is 83.9 Å². The molecular weight excluding hydrogens is 508 g/mol. The van der Waals surface area contributed by atoms with Crippen LogP contribution in [0.5, 0.6) is 0 Å². The number of benzene rings is 3. The van der Waals surface area contributed by atoms with Crippen molar-refractivity contribution in [3.63, 3.8) is 0 Å². The fourth-order valence-corrected chi connectivity index (χ4v) is 4.53. The number of esters is 1. The molecule has 0 bridgehead atoms. The standard InChI is InChI=1S/C31H34N4O5/c1-22(32-31(38)40-21-23-13-5-3-6-14-23)28(35-19-11-4-12-20-35)33-26-17-9-7-15-24(26)29(36)34-27-18-10-8-16-25(27)30(37)39-2/h3,5-10,13-18,22H,4,11-12,19-21H2,1-2H3,(H,32,38)(H,34,36)/t22-/m0/s1. The number of para-hydroxylation sites is 2. The lowest BCUT2D eigenvalue weighted by atomic mass is 10.1. The highest BCUT2D eigenvalue weighted by molar-refractivity contribution is 6.11. The van der Waals surface area contributed by atoms with Crippen molar-refractivity contribution in [2.24, 2.45) is 4.99 Å². The maximum atomic E-state index is 13.4. The van der Waals surface area contributed by atoms with Crippen molar-refractivity contribution in [2.45, 2.75) is 38.8 Å². The topological polar surface area (TPSA) is 109 Å². The van der Waals surface area contributed by atoms with E-state index in [0.29, 0.717) is 22.8 Å². The summed E-state index contributed by atoms with van der Waals surface area (Å²) in [7, 11) is 1.29. The molecule has 0 unspecified atom stereocenters. The predicted octanol–water partition coefficient (Wildman–Crippen LogP) is 5.56. The summed E-state index contributed by atoms with van der Waals surface area (Å²) in [5, 5.41) is 5.71. The minimum atomic E-state index is -0.550. The third kappa shape index (κ3) is 7.47. The number of nitrogens with zero attached hydrogens (tertiary/aromatic N) is 2. The van der Waals surface area contributed by atoms with Crippen molar-refractivity contribution in [3.8, 4) is 0 Å². The lowest BCUT2D eigenvalue weighted by molar-refractivity contribution is 0.0602. The van der Waals surface area contributed by atoms with E-state index in [-0.39, 0.29) is 12.2 Å². The fraction of sp³-hybridized carbons (Fsp3) is 0.290. The number of ether oxygens (including phenoxy) is 2. The molecule has 9 heteroatoms. The molecule has 0 spiro atoms. The summed E-state index contributed by atoms with van der Waals surface area (Å²) in [6.45, 7) is 3.60. The van der Waals surface area contributed by atoms with Crippen LogP contribution >= 0.6 is 0 Å². The molecule has 1 fully saturated rings. The van der Waals surface area contributed by atoms with Crippen molar-refractivity contribution in [2.75, 3.05) is 25.5 Å². The normalized spacial score (nSPS) is 14.2. The van der Waals surface area contributed by atoms with Crippen molar-refractivity contribution in [1.82, 2.24) is 10.2 Å². The van der Waals surface area contributed by atoms with Crippen LogP contribution in [-0.2, 0) is 16.1 Å². The van der Waals surface area contributed by atoms with Gasteiger partial charge in [-0.05, 0) is 56.0 Å². The zero-order valence-corrected chi connectivity index (χ0v) is 22.8. The minimum absolute atomic E-state index is 0.158. The van der Waals surface area contributed by atoms with Gasteiger partial charge in [0.15, 0.2) is 0 Å². The number of rotatable bonds is 8. The smallest absolute Gasteiger partial charge is 0.408 e. The van der Waals surface area contributed by atoms with Gasteiger partial charge in [-0.25, -0.2) is 14.6 Å². The first-order chi connectivity index (χ1) is 19.5. The number of hydrogen-bond donors (Lipinski definition) is 2. The molecule has 9 nitrogen and oxygen atoms in total. The summed E-state index contributed by atoms with van der Waals surface area (Å²) in [5.41, 5.74) is 2.26. The summed E-state index contributed by atoms with van der Waals surface area (Å²) in [6, 6.07) is 22.6. The van der Waals surface area contributed by atoms with Gasteiger partial charge >= 0.3 is 12.1 Å². The quantitative estimate of drug-likeness (QED) is 0.219. The first-order valence-electron chi connectivity index (χ1n) is 13.3. The van der Waals surface area contributed by atoms with E-state index in [2.05, 4.69) is 15.5 Å². The van der Waals surface area contributed by atoms with E-state index in [1.54, 1.807) is 48.5 Å². The SMILES string of the molecule is COC(=O)c1ccccc1NC(=O)c1ccccc1N=C([C@H](C)NC(=O)OCc1ccccc1)N1CCCCC1. The summed E-state index contributed by atoms with van der Waals surface area (Å²) in [5.74, 6) is -0.322. The van der Waals surface area contributed by atoms with Crippen molar-refractivity contribution in [1.29, 1.82) is 0 Å². The first-order valence-corrected chi connectivity index (χ1v) is 13.3. The van der Waals surface area contributed by atoms with Crippen LogP contribution in [0.25, 0.3) is 0 Å². The van der Waals surface area contributed by atoms with Crippen LogP contribution in [-0.4, -0.2) is 54.9 Å². The number of aliphatic imine (C=N–C) groups is 1. The zero-order valence-electron chi connectivity index (χ0n) is 22.8. The molecule has 0 radical (unpaired) electrons. The van der Waals surface area contributed by atoms with Crippen LogP contribution in [0.3, 0.4) is 0 Å². The Labute approximate surface area is 234 Å². The Kier molecular flexibility index (Phi) is 9.88. The van der Waals surface area contributed by atoms with Crippen molar-refractivity contribution in [3.05, 3.63) is 95.6 Å². The number of anilines is 1. The van der Waals surface area contributed by atoms with Gasteiger partial charge in [0.2, 0.25) is 0 Å². The summed E-state index contributed by atoms with van der Waals surface area (Å²) < 4.78 is 10.3. The van der Waals surface area contributed by atoms with Crippen molar-refractivity contribution < 1.29 is 23.9 Å². The molecule has 2 N–H and O–H groups in total. The second-order valence-electron chi connectivity index (χ2n) is 9.45. The second-order valence-corrected chi connectivity index (χ2v) is 9.45. The average molecular weight is 543 g/mol. The van der Waals surface area contributed by atoms with Gasteiger partial charge in [-0.15, -0.1) is 0 Å². The molecule has 1 saturated heterocycles. The largest absolute Gasteiger partial charge is 0.465 e. The lowest BCUT2D eigenvalue weighted by Gasteiger charge is -2.33. The highest BCUT2D eigenvalue weighted by Gasteiger charge is 2.24. The van der Waals surface area contributed by atoms with Crippen molar-refractivity contribution >= 4 is 35.2 Å². The summed E-state index contributed by atoms with van der Waals surface area (Å²) in [4.78, 5) is 45.3. The van der Waals surface area contributed by atoms with E-state index in [1.165, 1.54) is 7.11 Å². The Morgan fingerprint density at radius 2 is 1.52 bits per heavy atom. The number of piperidine rings is 1. The molecule has 2 amide bonds. The third-order valence-electron chi connectivity index (χ3n) is 6.58. The maximum absolute atomic E-state index is 13.4. The molecule has 1 heterocycles. The van der Waals surface area contributed by atoms with Crippen LogP contribution < -0.4 is 10.6 Å². The van der Waals surface area contributed by atoms with E-state index in [9.17, 15) is 14.4 Å². The van der Waals surface area contributed by atoms with E-state index < -0.39 is 24.0 Å². The monoisotopic (exact) mass is 542 g/mol. The van der Waals surface area contributed by atoms with Gasteiger partial charge in [-0.1, -0.05) is 54.6 Å². The highest BCUT2D eigenvalue weighted by atomic mass is 16.5. The first kappa shape index (κ1) is 28.4. The molecular formula is C31H34N4O5. The number of carbonyl (C=O) groups excluding carboxylic acids is 3. The molecule has 1 atom stereocenters. The molecule has 3 aromatic carbocycles. The van der Waals surface area contributed by atoms with Gasteiger partial charge in [0, 0.05) is 13.1 Å². The van der Waals surface area contributed by atoms with Gasteiger partial charge in [-0.3, -0.25) is 4.79 Å². The molecule has 208 valence electrons. The Balaban J connectivity index is 1.57. The Bertz CT molecular complexity index is 1350. The van der Waals surface area contributed by atoms with Gasteiger partial charge < -0.3 is 25.0 Å². The summed E-state index contributed by atoms with van der Waals surface area (Å²) >= 11 is 0. The minimum Gasteiger partial charge on any atom is -0.465 e. The molecule has 4 rings (SSSR count). The maximum Gasteiger partial charge on any atom is 0.408 e. The Hall–Kier alpha value is -4.66. The second kappa shape index (κ2) is 13.9. The fourth-order valence-electron chi connectivity index (χ4n) is 4.53. The molecule has 0 aromatic heterocycles. The molecule has 1 aliphatic heterocycles. The lowest BCUT2D eigenvalue weighted by Crippen LogP contribution is -2.48. The Morgan fingerprint density at radius 3 is 2.25 bits per heavy atom. The molecule has 0 saturated carbocycles. The molecule has 3 aromatic rings. The number of amidine groups is 1. The van der Waals surface area contributed by atoms with E-state index in [0.717, 1.165) is 37.9 Å². The van der Waals surface area contributed by atoms with Gasteiger partial charge in [-0.2, -0.15) is 0 Å². The van der Waals surface area contributed by atoms with Gasteiger partial charge in [0.25, 0.3) is 5.91 Å². The van der Waals surface area contributed by atoms with Gasteiger partial charge in [0.1, 0.15) is 12.4 Å². The van der Waals surface area contributed by atoms with E-state index >= 15 is 0 Å². The van der Waals surface area contributed by atoms with Crippen LogP contribution in [0.2, 0.25) is 0 Å². The van der Waals surface area contributed by atoms with Crippen LogP contribution in [0.1, 0.15) is 52.5 Å². The number of likely N-dealkylation sites (tertiary alicyclic amines) is 1. The van der Waals surface area contributed by atoms with Crippen LogP contribution in [0.4, 0.5) is 16.2 Å². The molecule has 40 heavy (non-hydrogen) atoms. The number of amides is 2. The van der Waals surface area contributed by atoms with Gasteiger partial charge in [0.05, 0.1) is 35.7 Å². The third-order valence-corrected chi connectivity index (χ3v) is 6.58. The number of nitrogens with one attached hydrogen (secondary N) is 2. The van der Waals surface area contributed by atoms with Crippen LogP contribution in [0, 0.1) is 0 Å². The Morgan fingerprint density at radius 1 is 0.875 bits per heavy atom. The predicted molar refractivity (Wildman–Crippen MR) is 154 cm³/mol. The molecule has 1 aliphatic rings. The molecule has 0 aliphatic carbocycles. The summed E-state index contributed by atoms with van der Waals surface area (Å²) in [6.07, 6.45) is 2.60. The number of methoxy groups -OCH3 is 1. The van der Waals surface area contributed by atoms with E-state index in [1.807, 2.05) is 37.3 Å². The number of alkyl carbamates (subject to hydrolysis) is 1. The highest BCUT2D eigenvalue weighted by Crippen LogP contribution is 2.24. The average Bonchev–Trinajstić information content (AvgIpc) is 2.99. The number of carbonyl (C=O) groups is 3. The van der Waals surface area contributed by atoms with E-state index in [4.69, 9.17) is 14.5 Å². The number of hydrogen-bond acceptors (Lipinski definition) is 6.